The van der Waals surface area contributed by atoms with Gasteiger partial charge < -0.3 is 4.74 Å². The number of hydrogen-bond acceptors (Lipinski definition) is 3. The average molecular weight is 304 g/mol. The van der Waals surface area contributed by atoms with E-state index in [9.17, 15) is 8.42 Å². The number of nitrogens with two attached hydrogens (primary N) is 1. The van der Waals surface area contributed by atoms with Crippen molar-refractivity contribution in [2.24, 2.45) is 5.14 Å². The summed E-state index contributed by atoms with van der Waals surface area (Å²) in [5.74, 6) is 2.60. The molecule has 86 valence electrons. The van der Waals surface area contributed by atoms with Gasteiger partial charge in [0, 0.05) is 10.9 Å². The molecule has 0 fully saturated rings. The van der Waals surface area contributed by atoms with Gasteiger partial charge in [-0.3, -0.25) is 0 Å². The van der Waals surface area contributed by atoms with Crippen LogP contribution in [0.4, 0.5) is 0 Å². The van der Waals surface area contributed by atoms with Crippen molar-refractivity contribution in [3.63, 3.8) is 0 Å². The first-order valence-corrected chi connectivity index (χ1v) is 6.67. The highest BCUT2D eigenvalue weighted by Crippen LogP contribution is 2.26. The number of halogens is 1. The SMILES string of the molecule is C#CCCOc1ccc(Br)cc1S(N)(=O)=O. The first-order chi connectivity index (χ1) is 7.45. The van der Waals surface area contributed by atoms with Crippen molar-refractivity contribution in [3.8, 4) is 18.1 Å². The topological polar surface area (TPSA) is 69.4 Å². The van der Waals surface area contributed by atoms with E-state index in [4.69, 9.17) is 16.3 Å². The maximum atomic E-state index is 11.3. The van der Waals surface area contributed by atoms with Gasteiger partial charge in [0.2, 0.25) is 10.0 Å². The van der Waals surface area contributed by atoms with E-state index in [-0.39, 0.29) is 17.3 Å². The highest BCUT2D eigenvalue weighted by molar-refractivity contribution is 9.10. The monoisotopic (exact) mass is 303 g/mol. The lowest BCUT2D eigenvalue weighted by Gasteiger charge is -2.09. The lowest BCUT2D eigenvalue weighted by Crippen LogP contribution is -2.14. The van der Waals surface area contributed by atoms with E-state index in [1.54, 1.807) is 6.07 Å². The number of primary sulfonamides is 1. The molecule has 0 heterocycles. The standard InChI is InChI=1S/C10H10BrNO3S/c1-2-3-6-15-9-5-4-8(11)7-10(9)16(12,13)14/h1,4-5,7H,3,6H2,(H2,12,13,14). The van der Waals surface area contributed by atoms with Crippen LogP contribution in [0.2, 0.25) is 0 Å². The molecule has 0 unspecified atom stereocenters. The van der Waals surface area contributed by atoms with Crippen LogP contribution in [-0.2, 0) is 10.0 Å². The van der Waals surface area contributed by atoms with Crippen molar-refractivity contribution in [1.29, 1.82) is 0 Å². The summed E-state index contributed by atoms with van der Waals surface area (Å²) in [5.41, 5.74) is 0. The van der Waals surface area contributed by atoms with Crippen LogP contribution in [0.15, 0.2) is 27.6 Å². The average Bonchev–Trinajstić information content (AvgIpc) is 2.19. The molecule has 0 atom stereocenters. The molecule has 0 amide bonds. The smallest absolute Gasteiger partial charge is 0.241 e. The van der Waals surface area contributed by atoms with Gasteiger partial charge in [0.25, 0.3) is 0 Å². The highest BCUT2D eigenvalue weighted by atomic mass is 79.9. The van der Waals surface area contributed by atoms with Crippen molar-refractivity contribution in [2.45, 2.75) is 11.3 Å². The minimum absolute atomic E-state index is 0.0566. The Morgan fingerprint density at radius 1 is 1.50 bits per heavy atom. The third kappa shape index (κ3) is 3.52. The number of sulfonamides is 1. The molecule has 0 aliphatic carbocycles. The van der Waals surface area contributed by atoms with Crippen LogP contribution < -0.4 is 9.88 Å². The second-order valence-corrected chi connectivity index (χ2v) is 5.38. The highest BCUT2D eigenvalue weighted by Gasteiger charge is 2.15. The maximum absolute atomic E-state index is 11.3. The van der Waals surface area contributed by atoms with Crippen LogP contribution in [0.5, 0.6) is 5.75 Å². The minimum Gasteiger partial charge on any atom is -0.491 e. The number of ether oxygens (including phenoxy) is 1. The minimum atomic E-state index is -3.80. The summed E-state index contributed by atoms with van der Waals surface area (Å²) < 4.78 is 28.4. The summed E-state index contributed by atoms with van der Waals surface area (Å²) in [6.07, 6.45) is 5.46. The van der Waals surface area contributed by atoms with Crippen molar-refractivity contribution in [1.82, 2.24) is 0 Å². The molecule has 0 aliphatic rings. The molecule has 0 radical (unpaired) electrons. The Kier molecular flexibility index (Phi) is 4.35. The van der Waals surface area contributed by atoms with Gasteiger partial charge >= 0.3 is 0 Å². The van der Waals surface area contributed by atoms with Crippen LogP contribution in [0.25, 0.3) is 0 Å². The Bertz CT molecular complexity index is 519. The predicted molar refractivity (Wildman–Crippen MR) is 64.5 cm³/mol. The number of hydrogen-bond donors (Lipinski definition) is 1. The molecule has 0 spiro atoms. The second-order valence-electron chi connectivity index (χ2n) is 2.94. The Hall–Kier alpha value is -1.03. The summed E-state index contributed by atoms with van der Waals surface area (Å²) in [4.78, 5) is -0.0566. The molecule has 0 aromatic heterocycles. The van der Waals surface area contributed by atoms with Gasteiger partial charge in [-0.05, 0) is 18.2 Å². The van der Waals surface area contributed by atoms with Crippen LogP contribution >= 0.6 is 15.9 Å². The quantitative estimate of drug-likeness (QED) is 0.677. The molecule has 0 saturated heterocycles. The molecule has 0 aliphatic heterocycles. The van der Waals surface area contributed by atoms with Gasteiger partial charge in [0.1, 0.15) is 10.6 Å². The van der Waals surface area contributed by atoms with E-state index in [1.807, 2.05) is 0 Å². The second kappa shape index (κ2) is 5.34. The molecule has 6 heteroatoms. The van der Waals surface area contributed by atoms with E-state index >= 15 is 0 Å². The van der Waals surface area contributed by atoms with Crippen molar-refractivity contribution >= 4 is 26.0 Å². The number of benzene rings is 1. The molecule has 2 N–H and O–H groups in total. The number of rotatable bonds is 4. The fourth-order valence-electron chi connectivity index (χ4n) is 1.04. The summed E-state index contributed by atoms with van der Waals surface area (Å²) in [5, 5.41) is 5.06. The van der Waals surface area contributed by atoms with Gasteiger partial charge in [-0.1, -0.05) is 15.9 Å². The summed E-state index contributed by atoms with van der Waals surface area (Å²) >= 11 is 3.16. The fraction of sp³-hybridized carbons (Fsp3) is 0.200. The van der Waals surface area contributed by atoms with Gasteiger partial charge in [0.05, 0.1) is 6.61 Å². The Balaban J connectivity index is 3.05. The molecule has 1 aromatic carbocycles. The summed E-state index contributed by atoms with van der Waals surface area (Å²) in [6.45, 7) is 0.251. The van der Waals surface area contributed by atoms with Gasteiger partial charge in [-0.2, -0.15) is 0 Å². The van der Waals surface area contributed by atoms with Gasteiger partial charge in [-0.25, -0.2) is 13.6 Å². The van der Waals surface area contributed by atoms with E-state index in [0.29, 0.717) is 10.9 Å². The van der Waals surface area contributed by atoms with E-state index in [1.165, 1.54) is 12.1 Å². The molecular formula is C10H10BrNO3S. The van der Waals surface area contributed by atoms with Crippen molar-refractivity contribution < 1.29 is 13.2 Å². The van der Waals surface area contributed by atoms with Crippen LogP contribution in [-0.4, -0.2) is 15.0 Å². The Morgan fingerprint density at radius 3 is 2.75 bits per heavy atom. The third-order valence-electron chi connectivity index (χ3n) is 1.72. The van der Waals surface area contributed by atoms with Gasteiger partial charge in [-0.15, -0.1) is 12.3 Å². The molecule has 4 nitrogen and oxygen atoms in total. The van der Waals surface area contributed by atoms with Crippen LogP contribution in [0.3, 0.4) is 0 Å². The Labute approximate surface area is 103 Å². The third-order valence-corrected chi connectivity index (χ3v) is 3.14. The number of terminal acetylenes is 1. The zero-order valence-corrected chi connectivity index (χ0v) is 10.7. The van der Waals surface area contributed by atoms with E-state index in [0.717, 1.165) is 0 Å². The lowest BCUT2D eigenvalue weighted by atomic mass is 10.3. The molecule has 0 saturated carbocycles. The van der Waals surface area contributed by atoms with Crippen LogP contribution in [0.1, 0.15) is 6.42 Å². The first-order valence-electron chi connectivity index (χ1n) is 4.34. The van der Waals surface area contributed by atoms with Crippen LogP contribution in [0, 0.1) is 12.3 Å². The molecule has 0 bridgehead atoms. The van der Waals surface area contributed by atoms with Crippen molar-refractivity contribution in [3.05, 3.63) is 22.7 Å². The zero-order chi connectivity index (χ0) is 12.2. The Morgan fingerprint density at radius 2 is 2.19 bits per heavy atom. The lowest BCUT2D eigenvalue weighted by molar-refractivity contribution is 0.318. The maximum Gasteiger partial charge on any atom is 0.241 e. The molecular weight excluding hydrogens is 294 g/mol. The molecule has 1 aromatic rings. The van der Waals surface area contributed by atoms with E-state index in [2.05, 4.69) is 21.9 Å². The normalized spacial score (nSPS) is 10.8. The predicted octanol–water partition coefficient (Wildman–Crippen LogP) is 1.50. The summed E-state index contributed by atoms with van der Waals surface area (Å²) in [7, 11) is -3.80. The fourth-order valence-corrected chi connectivity index (χ4v) is 2.25. The first kappa shape index (κ1) is 13.0. The molecule has 16 heavy (non-hydrogen) atoms. The van der Waals surface area contributed by atoms with E-state index < -0.39 is 10.0 Å². The molecule has 1 rings (SSSR count). The van der Waals surface area contributed by atoms with Crippen molar-refractivity contribution in [2.75, 3.05) is 6.61 Å². The zero-order valence-electron chi connectivity index (χ0n) is 8.31. The van der Waals surface area contributed by atoms with Gasteiger partial charge in [0.15, 0.2) is 0 Å². The largest absolute Gasteiger partial charge is 0.491 e. The summed E-state index contributed by atoms with van der Waals surface area (Å²) in [6, 6.07) is 4.58.